The SMILES string of the molecule is CCCC(=O)OCCCC1CCC(=O)N1C(=O)CCC. The predicted molar refractivity (Wildman–Crippen MR) is 74.9 cm³/mol. The summed E-state index contributed by atoms with van der Waals surface area (Å²) in [6, 6.07) is -0.00794. The number of imide groups is 1. The van der Waals surface area contributed by atoms with Gasteiger partial charge in [-0.25, -0.2) is 0 Å². The lowest BCUT2D eigenvalue weighted by atomic mass is 10.1. The number of likely N-dealkylation sites (tertiary alicyclic amines) is 1. The van der Waals surface area contributed by atoms with Crippen LogP contribution in [0.5, 0.6) is 0 Å². The van der Waals surface area contributed by atoms with Crippen LogP contribution in [0.4, 0.5) is 0 Å². The number of esters is 1. The van der Waals surface area contributed by atoms with Crippen LogP contribution in [0.3, 0.4) is 0 Å². The number of amides is 2. The molecule has 1 fully saturated rings. The van der Waals surface area contributed by atoms with Gasteiger partial charge in [0.05, 0.1) is 6.61 Å². The number of carbonyl (C=O) groups is 3. The molecule has 2 amide bonds. The molecule has 0 aliphatic carbocycles. The zero-order valence-corrected chi connectivity index (χ0v) is 12.5. The lowest BCUT2D eigenvalue weighted by Gasteiger charge is -2.22. The quantitative estimate of drug-likeness (QED) is 0.507. The van der Waals surface area contributed by atoms with Crippen molar-refractivity contribution in [3.8, 4) is 0 Å². The number of nitrogens with zero attached hydrogens (tertiary/aromatic N) is 1. The Hall–Kier alpha value is -1.39. The molecule has 1 unspecified atom stereocenters. The average molecular weight is 283 g/mol. The summed E-state index contributed by atoms with van der Waals surface area (Å²) < 4.78 is 5.08. The Bertz CT molecular complexity index is 354. The molecule has 5 nitrogen and oxygen atoms in total. The van der Waals surface area contributed by atoms with Crippen molar-refractivity contribution in [1.82, 2.24) is 4.90 Å². The van der Waals surface area contributed by atoms with Crippen LogP contribution in [0, 0.1) is 0 Å². The van der Waals surface area contributed by atoms with E-state index in [0.29, 0.717) is 32.3 Å². The number of rotatable bonds is 8. The maximum absolute atomic E-state index is 11.9. The minimum absolute atomic E-state index is 0.00794. The third kappa shape index (κ3) is 4.94. The van der Waals surface area contributed by atoms with Gasteiger partial charge < -0.3 is 4.74 Å². The number of hydrogen-bond donors (Lipinski definition) is 0. The molecule has 114 valence electrons. The number of ether oxygens (including phenoxy) is 1. The van der Waals surface area contributed by atoms with Crippen molar-refractivity contribution in [3.63, 3.8) is 0 Å². The van der Waals surface area contributed by atoms with E-state index < -0.39 is 0 Å². The molecule has 1 atom stereocenters. The van der Waals surface area contributed by atoms with E-state index in [1.165, 1.54) is 4.90 Å². The fourth-order valence-corrected chi connectivity index (χ4v) is 2.48. The average Bonchev–Trinajstić information content (AvgIpc) is 2.76. The molecule has 0 saturated carbocycles. The molecule has 1 aliphatic rings. The number of carbonyl (C=O) groups excluding carboxylic acids is 3. The minimum Gasteiger partial charge on any atom is -0.466 e. The van der Waals surface area contributed by atoms with E-state index in [4.69, 9.17) is 4.74 Å². The molecule has 1 heterocycles. The first-order valence-corrected chi connectivity index (χ1v) is 7.60. The standard InChI is InChI=1S/C15H25NO4/c1-3-6-13(17)16-12(9-10-14(16)18)8-5-11-20-15(19)7-4-2/h12H,3-11H2,1-2H3. The molecular weight excluding hydrogens is 258 g/mol. The van der Waals surface area contributed by atoms with Crippen LogP contribution in [-0.2, 0) is 19.1 Å². The zero-order valence-electron chi connectivity index (χ0n) is 12.5. The van der Waals surface area contributed by atoms with Gasteiger partial charge in [-0.1, -0.05) is 13.8 Å². The van der Waals surface area contributed by atoms with Crippen molar-refractivity contribution in [2.75, 3.05) is 6.61 Å². The molecular formula is C15H25NO4. The van der Waals surface area contributed by atoms with E-state index in [0.717, 1.165) is 25.7 Å². The predicted octanol–water partition coefficient (Wildman–Crippen LogP) is 2.43. The topological polar surface area (TPSA) is 63.7 Å². The fourth-order valence-electron chi connectivity index (χ4n) is 2.48. The van der Waals surface area contributed by atoms with Gasteiger partial charge in [0, 0.05) is 25.3 Å². The van der Waals surface area contributed by atoms with E-state index in [1.54, 1.807) is 0 Å². The maximum Gasteiger partial charge on any atom is 0.305 e. The van der Waals surface area contributed by atoms with Gasteiger partial charge in [0.2, 0.25) is 11.8 Å². The van der Waals surface area contributed by atoms with E-state index in [-0.39, 0.29) is 23.8 Å². The summed E-state index contributed by atoms with van der Waals surface area (Å²) in [4.78, 5) is 36.3. The second-order valence-corrected chi connectivity index (χ2v) is 5.21. The van der Waals surface area contributed by atoms with Crippen LogP contribution in [-0.4, -0.2) is 35.3 Å². The summed E-state index contributed by atoms with van der Waals surface area (Å²) in [5, 5.41) is 0. The summed E-state index contributed by atoms with van der Waals surface area (Å²) in [6.45, 7) is 4.24. The molecule has 0 bridgehead atoms. The Morgan fingerprint density at radius 2 is 1.95 bits per heavy atom. The fraction of sp³-hybridized carbons (Fsp3) is 0.800. The van der Waals surface area contributed by atoms with Crippen LogP contribution in [0.2, 0.25) is 0 Å². The van der Waals surface area contributed by atoms with Gasteiger partial charge in [0.1, 0.15) is 0 Å². The van der Waals surface area contributed by atoms with Crippen LogP contribution in [0.1, 0.15) is 65.2 Å². The normalized spacial score (nSPS) is 18.4. The van der Waals surface area contributed by atoms with E-state index in [2.05, 4.69) is 0 Å². The third-order valence-corrected chi connectivity index (χ3v) is 3.46. The van der Waals surface area contributed by atoms with Crippen molar-refractivity contribution in [2.45, 2.75) is 71.3 Å². The highest BCUT2D eigenvalue weighted by Gasteiger charge is 2.34. The molecule has 0 aromatic rings. The van der Waals surface area contributed by atoms with Crippen LogP contribution in [0.15, 0.2) is 0 Å². The third-order valence-electron chi connectivity index (χ3n) is 3.46. The van der Waals surface area contributed by atoms with Crippen molar-refractivity contribution < 1.29 is 19.1 Å². The van der Waals surface area contributed by atoms with Gasteiger partial charge in [-0.2, -0.15) is 0 Å². The summed E-state index contributed by atoms with van der Waals surface area (Å²) in [6.07, 6.45) is 5.02. The van der Waals surface area contributed by atoms with Gasteiger partial charge in [-0.3, -0.25) is 19.3 Å². The zero-order chi connectivity index (χ0) is 15.0. The highest BCUT2D eigenvalue weighted by molar-refractivity contribution is 5.97. The molecule has 0 N–H and O–H groups in total. The summed E-state index contributed by atoms with van der Waals surface area (Å²) in [5.41, 5.74) is 0. The van der Waals surface area contributed by atoms with Crippen LogP contribution >= 0.6 is 0 Å². The van der Waals surface area contributed by atoms with E-state index in [9.17, 15) is 14.4 Å². The monoisotopic (exact) mass is 283 g/mol. The van der Waals surface area contributed by atoms with Gasteiger partial charge in [0.25, 0.3) is 0 Å². The largest absolute Gasteiger partial charge is 0.466 e. The van der Waals surface area contributed by atoms with Gasteiger partial charge in [0.15, 0.2) is 0 Å². The highest BCUT2D eigenvalue weighted by Crippen LogP contribution is 2.23. The van der Waals surface area contributed by atoms with Crippen molar-refractivity contribution in [2.24, 2.45) is 0 Å². The Labute approximate surface area is 120 Å². The Morgan fingerprint density at radius 3 is 2.60 bits per heavy atom. The second kappa shape index (κ2) is 8.72. The molecule has 20 heavy (non-hydrogen) atoms. The van der Waals surface area contributed by atoms with Gasteiger partial charge in [-0.05, 0) is 32.1 Å². The smallest absolute Gasteiger partial charge is 0.305 e. The van der Waals surface area contributed by atoms with Crippen LogP contribution in [0.25, 0.3) is 0 Å². The van der Waals surface area contributed by atoms with E-state index >= 15 is 0 Å². The molecule has 0 aromatic carbocycles. The molecule has 1 saturated heterocycles. The molecule has 1 rings (SSSR count). The first-order chi connectivity index (χ1) is 9.60. The van der Waals surface area contributed by atoms with Gasteiger partial charge in [-0.15, -0.1) is 0 Å². The first kappa shape index (κ1) is 16.7. The Morgan fingerprint density at radius 1 is 1.25 bits per heavy atom. The van der Waals surface area contributed by atoms with Crippen molar-refractivity contribution in [1.29, 1.82) is 0 Å². The lowest BCUT2D eigenvalue weighted by Crippen LogP contribution is -2.38. The Kier molecular flexibility index (Phi) is 7.26. The molecule has 0 radical (unpaired) electrons. The maximum atomic E-state index is 11.9. The molecule has 5 heteroatoms. The Balaban J connectivity index is 2.33. The van der Waals surface area contributed by atoms with E-state index in [1.807, 2.05) is 13.8 Å². The summed E-state index contributed by atoms with van der Waals surface area (Å²) >= 11 is 0. The summed E-state index contributed by atoms with van der Waals surface area (Å²) in [7, 11) is 0. The second-order valence-electron chi connectivity index (χ2n) is 5.21. The number of hydrogen-bond acceptors (Lipinski definition) is 4. The lowest BCUT2D eigenvalue weighted by molar-refractivity contribution is -0.146. The van der Waals surface area contributed by atoms with Crippen molar-refractivity contribution in [3.05, 3.63) is 0 Å². The minimum atomic E-state index is -0.172. The summed E-state index contributed by atoms with van der Waals surface area (Å²) in [5.74, 6) is -0.298. The molecule has 0 aromatic heterocycles. The molecule has 1 aliphatic heterocycles. The highest BCUT2D eigenvalue weighted by atomic mass is 16.5. The van der Waals surface area contributed by atoms with Gasteiger partial charge >= 0.3 is 5.97 Å². The molecule has 0 spiro atoms. The van der Waals surface area contributed by atoms with Crippen molar-refractivity contribution >= 4 is 17.8 Å². The first-order valence-electron chi connectivity index (χ1n) is 7.60. The van der Waals surface area contributed by atoms with Crippen LogP contribution < -0.4 is 0 Å².